The van der Waals surface area contributed by atoms with Gasteiger partial charge in [-0.25, -0.2) is 9.78 Å². The van der Waals surface area contributed by atoms with Crippen molar-refractivity contribution in [2.75, 3.05) is 44.8 Å². The molecular formula is C19H27ClN8O2. The topological polar surface area (TPSA) is 127 Å². The molecule has 4 N–H and O–H groups in total. The number of aromatic amines is 1. The fourth-order valence-electron chi connectivity index (χ4n) is 2.82. The molecule has 0 saturated heterocycles. The maximum Gasteiger partial charge on any atom is 0.328 e. The van der Waals surface area contributed by atoms with Gasteiger partial charge in [0.2, 0.25) is 11.8 Å². The third kappa shape index (κ3) is 5.19. The first-order valence-corrected chi connectivity index (χ1v) is 10.2. The molecule has 0 aliphatic rings. The zero-order valence-electron chi connectivity index (χ0n) is 17.4. The van der Waals surface area contributed by atoms with Gasteiger partial charge in [0.05, 0.1) is 6.54 Å². The normalized spacial score (nSPS) is 11.4. The highest BCUT2D eigenvalue weighted by atomic mass is 35.5. The van der Waals surface area contributed by atoms with Crippen LogP contribution in [0, 0.1) is 0 Å². The van der Waals surface area contributed by atoms with Gasteiger partial charge >= 0.3 is 5.69 Å². The van der Waals surface area contributed by atoms with Crippen molar-refractivity contribution in [3.8, 4) is 5.88 Å². The first-order chi connectivity index (χ1) is 14.4. The summed E-state index contributed by atoms with van der Waals surface area (Å²) in [4.78, 5) is 30.2. The second-order valence-corrected chi connectivity index (χ2v) is 7.62. The predicted molar refractivity (Wildman–Crippen MR) is 118 cm³/mol. The first kappa shape index (κ1) is 21.8. The molecule has 0 aromatic carbocycles. The van der Waals surface area contributed by atoms with Crippen LogP contribution in [-0.4, -0.2) is 63.2 Å². The van der Waals surface area contributed by atoms with E-state index in [0.29, 0.717) is 34.6 Å². The number of rotatable bonds is 10. The summed E-state index contributed by atoms with van der Waals surface area (Å²) in [5.41, 5.74) is 7.25. The van der Waals surface area contributed by atoms with Crippen molar-refractivity contribution in [2.45, 2.75) is 26.3 Å². The lowest BCUT2D eigenvalue weighted by Gasteiger charge is -2.12. The van der Waals surface area contributed by atoms with Crippen LogP contribution in [0.2, 0.25) is 5.02 Å². The number of unbranched alkanes of at least 4 members (excludes halogenated alkanes) is 1. The van der Waals surface area contributed by atoms with Gasteiger partial charge in [0.1, 0.15) is 17.1 Å². The highest BCUT2D eigenvalue weighted by molar-refractivity contribution is 6.31. The molecule has 0 aliphatic heterocycles. The molecule has 0 atom stereocenters. The van der Waals surface area contributed by atoms with Gasteiger partial charge in [-0.2, -0.15) is 9.97 Å². The molecule has 0 fully saturated rings. The number of hydrogen-bond acceptors (Lipinski definition) is 8. The van der Waals surface area contributed by atoms with Crippen LogP contribution in [0.5, 0.6) is 5.88 Å². The second-order valence-electron chi connectivity index (χ2n) is 7.21. The van der Waals surface area contributed by atoms with Crippen molar-refractivity contribution in [1.29, 1.82) is 0 Å². The van der Waals surface area contributed by atoms with E-state index in [4.69, 9.17) is 22.1 Å². The van der Waals surface area contributed by atoms with E-state index < -0.39 is 0 Å². The Morgan fingerprint density at radius 3 is 2.87 bits per heavy atom. The molecule has 3 aromatic rings. The molecule has 3 aromatic heterocycles. The van der Waals surface area contributed by atoms with Crippen molar-refractivity contribution < 1.29 is 4.74 Å². The van der Waals surface area contributed by atoms with E-state index in [9.17, 15) is 4.79 Å². The molecule has 10 nitrogen and oxygen atoms in total. The van der Waals surface area contributed by atoms with Gasteiger partial charge in [-0.05, 0) is 32.1 Å². The number of hydrogen-bond donors (Lipinski definition) is 3. The van der Waals surface area contributed by atoms with Crippen LogP contribution < -0.4 is 21.5 Å². The van der Waals surface area contributed by atoms with Crippen molar-refractivity contribution in [3.05, 3.63) is 33.3 Å². The van der Waals surface area contributed by atoms with Crippen LogP contribution >= 0.6 is 11.6 Å². The largest absolute Gasteiger partial charge is 0.475 e. The number of imidazole rings is 1. The fourth-order valence-corrected chi connectivity index (χ4v) is 3.06. The van der Waals surface area contributed by atoms with Gasteiger partial charge in [0.25, 0.3) is 0 Å². The molecule has 11 heteroatoms. The summed E-state index contributed by atoms with van der Waals surface area (Å²) in [6.07, 6.45) is 3.66. The van der Waals surface area contributed by atoms with Crippen molar-refractivity contribution in [3.63, 3.8) is 0 Å². The Kier molecular flexibility index (Phi) is 7.11. The summed E-state index contributed by atoms with van der Waals surface area (Å²) >= 11 is 6.31. The molecule has 0 saturated carbocycles. The number of H-pyrrole nitrogens is 1. The minimum Gasteiger partial charge on any atom is -0.475 e. The van der Waals surface area contributed by atoms with E-state index in [0.717, 1.165) is 31.5 Å². The highest BCUT2D eigenvalue weighted by Crippen LogP contribution is 2.23. The quantitative estimate of drug-likeness (QED) is 0.413. The summed E-state index contributed by atoms with van der Waals surface area (Å²) < 4.78 is 7.09. The Balaban J connectivity index is 1.83. The van der Waals surface area contributed by atoms with E-state index in [2.05, 4.69) is 32.2 Å². The number of nitrogens with one attached hydrogen (secondary N) is 2. The average Bonchev–Trinajstić information content (AvgIpc) is 3.00. The number of aromatic nitrogens is 5. The van der Waals surface area contributed by atoms with E-state index in [1.165, 1.54) is 4.57 Å². The number of likely N-dealkylation sites (N-methyl/N-ethyl adjacent to an activating group) is 1. The van der Waals surface area contributed by atoms with Gasteiger partial charge < -0.3 is 25.7 Å². The summed E-state index contributed by atoms with van der Waals surface area (Å²) in [7, 11) is 3.92. The van der Waals surface area contributed by atoms with Crippen LogP contribution in [0.1, 0.15) is 25.3 Å². The summed E-state index contributed by atoms with van der Waals surface area (Å²) in [6, 6.07) is 1.73. The minimum atomic E-state index is -0.334. The molecule has 30 heavy (non-hydrogen) atoms. The molecule has 0 radical (unpaired) electrons. The summed E-state index contributed by atoms with van der Waals surface area (Å²) in [5.74, 6) is 0.972. The Hall–Kier alpha value is -2.85. The number of nitrogen functional groups attached to an aromatic ring is 1. The third-order valence-corrected chi connectivity index (χ3v) is 4.72. The monoisotopic (exact) mass is 434 g/mol. The van der Waals surface area contributed by atoms with Gasteiger partial charge in [0, 0.05) is 19.3 Å². The Labute approximate surface area is 179 Å². The Morgan fingerprint density at radius 2 is 2.17 bits per heavy atom. The van der Waals surface area contributed by atoms with Crippen LogP contribution in [0.15, 0.2) is 17.1 Å². The number of fused-ring (bicyclic) bond motifs is 1. The van der Waals surface area contributed by atoms with E-state index >= 15 is 0 Å². The van der Waals surface area contributed by atoms with Gasteiger partial charge in [-0.3, -0.25) is 4.57 Å². The zero-order chi connectivity index (χ0) is 21.7. The third-order valence-electron chi connectivity index (χ3n) is 4.45. The lowest BCUT2D eigenvalue weighted by molar-refractivity contribution is 0.254. The number of anilines is 2. The van der Waals surface area contributed by atoms with Gasteiger partial charge in [-0.15, -0.1) is 0 Å². The van der Waals surface area contributed by atoms with Gasteiger partial charge in [0.15, 0.2) is 11.5 Å². The molecule has 3 heterocycles. The molecule has 162 valence electrons. The summed E-state index contributed by atoms with van der Waals surface area (Å²) in [5, 5.41) is 3.52. The van der Waals surface area contributed by atoms with Crippen LogP contribution in [0.25, 0.3) is 11.2 Å². The smallest absolute Gasteiger partial charge is 0.328 e. The van der Waals surface area contributed by atoms with Crippen LogP contribution in [-0.2, 0) is 6.54 Å². The zero-order valence-corrected chi connectivity index (χ0v) is 18.2. The highest BCUT2D eigenvalue weighted by Gasteiger charge is 2.15. The lowest BCUT2D eigenvalue weighted by Crippen LogP contribution is -2.20. The van der Waals surface area contributed by atoms with E-state index in [1.807, 2.05) is 19.0 Å². The maximum absolute atomic E-state index is 12.5. The van der Waals surface area contributed by atoms with Crippen LogP contribution in [0.3, 0.4) is 0 Å². The lowest BCUT2D eigenvalue weighted by atomic mass is 10.3. The molecule has 0 unspecified atom stereocenters. The minimum absolute atomic E-state index is 0.218. The molecule has 0 bridgehead atoms. The van der Waals surface area contributed by atoms with E-state index in [1.54, 1.807) is 12.3 Å². The number of ether oxygens (including phenoxy) is 1. The molecular weight excluding hydrogens is 408 g/mol. The van der Waals surface area contributed by atoms with Crippen molar-refractivity contribution >= 4 is 34.5 Å². The average molecular weight is 435 g/mol. The van der Waals surface area contributed by atoms with Gasteiger partial charge in [-0.1, -0.05) is 24.9 Å². The number of pyridine rings is 1. The SMILES string of the molecule is CCCCNc1nc(N)c2[nH]c(=O)n(Cc3cnc(OCCN(C)C)c(Cl)c3)c2n1. The number of nitrogens with zero attached hydrogens (tertiary/aromatic N) is 5. The number of nitrogens with two attached hydrogens (primary N) is 1. The van der Waals surface area contributed by atoms with Crippen LogP contribution in [0.4, 0.5) is 11.8 Å². The molecule has 0 amide bonds. The Bertz CT molecular complexity index is 1060. The first-order valence-electron chi connectivity index (χ1n) is 9.81. The summed E-state index contributed by atoms with van der Waals surface area (Å²) in [6.45, 7) is 4.28. The molecule has 3 rings (SSSR count). The molecule has 0 spiro atoms. The fraction of sp³-hybridized carbons (Fsp3) is 0.474. The standard InChI is InChI=1S/C19H27ClN8O2/c1-4-5-6-22-18-25-15(21)14-16(26-18)28(19(29)24-14)11-12-9-13(20)17(23-10-12)30-8-7-27(2)3/h9-10H,4-8,11H2,1-3H3,(H,24,29)(H3,21,22,25,26). The predicted octanol–water partition coefficient (Wildman–Crippen LogP) is 1.95. The number of halogens is 1. The van der Waals surface area contributed by atoms with Crippen molar-refractivity contribution in [2.24, 2.45) is 0 Å². The maximum atomic E-state index is 12.5. The molecule has 0 aliphatic carbocycles. The van der Waals surface area contributed by atoms with Crippen molar-refractivity contribution in [1.82, 2.24) is 29.4 Å². The second kappa shape index (κ2) is 9.77. The van der Waals surface area contributed by atoms with E-state index in [-0.39, 0.29) is 18.1 Å². The Morgan fingerprint density at radius 1 is 1.37 bits per heavy atom.